The van der Waals surface area contributed by atoms with Crippen LogP contribution in [0, 0.1) is 0 Å². The van der Waals surface area contributed by atoms with Gasteiger partial charge in [-0.3, -0.25) is 0 Å². The summed E-state index contributed by atoms with van der Waals surface area (Å²) in [5, 5.41) is 3.37. The number of nitrogens with zero attached hydrogens (tertiary/aromatic N) is 4. The van der Waals surface area contributed by atoms with Crippen molar-refractivity contribution < 1.29 is 33.1 Å². The van der Waals surface area contributed by atoms with Crippen LogP contribution in [-0.2, 0) is 40.0 Å². The molecule has 0 spiro atoms. The third kappa shape index (κ3) is 9.23. The van der Waals surface area contributed by atoms with E-state index in [0.717, 1.165) is 25.1 Å². The van der Waals surface area contributed by atoms with Crippen LogP contribution in [0.1, 0.15) is 32.1 Å². The average Bonchev–Trinajstić information content (AvgIpc) is 3.04. The molecule has 2 unspecified atom stereocenters. The zero-order valence-electron chi connectivity index (χ0n) is 15.3. The van der Waals surface area contributed by atoms with E-state index in [-0.39, 0.29) is 50.5 Å². The Labute approximate surface area is 183 Å². The van der Waals surface area contributed by atoms with E-state index >= 15 is 0 Å². The van der Waals surface area contributed by atoms with E-state index in [1.54, 1.807) is 0 Å². The van der Waals surface area contributed by atoms with Crippen molar-refractivity contribution in [3.8, 4) is 0 Å². The number of carbonyl (C=O) groups is 3. The van der Waals surface area contributed by atoms with Crippen LogP contribution < -0.4 is 0 Å². The summed E-state index contributed by atoms with van der Waals surface area (Å²) in [6, 6.07) is 0. The molecule has 1 N–H and O–H groups in total. The first-order chi connectivity index (χ1) is 13.2. The van der Waals surface area contributed by atoms with Crippen molar-refractivity contribution in [1.29, 1.82) is 0 Å². The van der Waals surface area contributed by atoms with E-state index in [1.165, 1.54) is 12.0 Å². The minimum atomic E-state index is -3.54. The molecule has 1 rings (SSSR count). The monoisotopic (exact) mass is 631 g/mol. The molecule has 28 heavy (non-hydrogen) atoms. The molecule has 14 heteroatoms. The van der Waals surface area contributed by atoms with Crippen molar-refractivity contribution in [1.82, 2.24) is 4.90 Å². The van der Waals surface area contributed by atoms with Crippen molar-refractivity contribution in [3.63, 3.8) is 0 Å². The molecule has 3 atom stereocenters. The van der Waals surface area contributed by atoms with Gasteiger partial charge >= 0.3 is 154 Å². The first-order valence-electron chi connectivity index (χ1n) is 8.41. The number of azide groups is 1. The smallest absolute Gasteiger partial charge is 0.0940 e. The van der Waals surface area contributed by atoms with Crippen LogP contribution in [0.5, 0.6) is 0 Å². The Hall–Kier alpha value is -0.654. The average molecular weight is 631 g/mol. The van der Waals surface area contributed by atoms with Gasteiger partial charge in [0, 0.05) is 18.6 Å². The molecular weight excluding hydrogens is 608 g/mol. The van der Waals surface area contributed by atoms with E-state index in [4.69, 9.17) is 31.1 Å². The minimum absolute atomic E-state index is 0.0100. The standard InChI is InChI=1S/C14H22N4O7PS.Po.H/c1-10(19)5-6-14(21)24-11-8-13(25-26(22,27)23-2)18(9-11)12(20)4-3-7-16-17-15;;/h11,13H,1,3-9H2,2H3,(H,22,27);;/t11?,13-,26?;;/m0../s1. The fourth-order valence-corrected chi connectivity index (χ4v) is 3.97. The second-order valence-corrected chi connectivity index (χ2v) is 9.99. The molecule has 0 bridgehead atoms. The summed E-state index contributed by atoms with van der Waals surface area (Å²) < 4.78 is 15.9. The van der Waals surface area contributed by atoms with Crippen molar-refractivity contribution in [3.05, 3.63) is 10.4 Å². The van der Waals surface area contributed by atoms with Gasteiger partial charge in [-0.2, -0.15) is 0 Å². The van der Waals surface area contributed by atoms with Crippen LogP contribution in [0.3, 0.4) is 0 Å². The summed E-state index contributed by atoms with van der Waals surface area (Å²) in [6.45, 7) is -3.29. The predicted octanol–water partition coefficient (Wildman–Crippen LogP) is 1.10. The number of likely N-dealkylation sites (tertiary alicyclic amines) is 1. The summed E-state index contributed by atoms with van der Waals surface area (Å²) in [6.07, 6.45) is -0.869. The van der Waals surface area contributed by atoms with Crippen LogP contribution in [0.2, 0.25) is 4.08 Å². The number of hydrogen-bond acceptors (Lipinski definition) is 8. The van der Waals surface area contributed by atoms with Crippen molar-refractivity contribution in [2.24, 2.45) is 5.11 Å². The number of ether oxygens (including phenoxy) is 1. The molecule has 0 aromatic carbocycles. The normalized spacial score (nSPS) is 20.9. The van der Waals surface area contributed by atoms with Gasteiger partial charge in [-0.15, -0.1) is 0 Å². The van der Waals surface area contributed by atoms with Gasteiger partial charge in [0.05, 0.1) is 0 Å². The number of esters is 1. The molecule has 11 nitrogen and oxygen atoms in total. The van der Waals surface area contributed by atoms with Gasteiger partial charge in [0.1, 0.15) is 0 Å². The number of ketones is 1. The van der Waals surface area contributed by atoms with Gasteiger partial charge in [-0.25, -0.2) is 0 Å². The Morgan fingerprint density at radius 3 is 2.71 bits per heavy atom. The summed E-state index contributed by atoms with van der Waals surface area (Å²) in [7, 11) is 1.20. The SMILES string of the molecule is COP(O)(=S)O[C@H]1CC(OC(=O)CCC(=O)[CH2][PoH])CN1C(=O)CCCN=[N+]=[N-]. The summed E-state index contributed by atoms with van der Waals surface area (Å²) in [5.41, 5.74) is 8.28. The van der Waals surface area contributed by atoms with E-state index in [2.05, 4.69) is 10.0 Å². The van der Waals surface area contributed by atoms with Gasteiger partial charge < -0.3 is 0 Å². The Morgan fingerprint density at radius 2 is 2.11 bits per heavy atom. The molecule has 1 saturated heterocycles. The number of amides is 1. The summed E-state index contributed by atoms with van der Waals surface area (Å²) in [4.78, 5) is 49.6. The predicted molar refractivity (Wildman–Crippen MR) is 104 cm³/mol. The molecule has 1 amide bonds. The van der Waals surface area contributed by atoms with Gasteiger partial charge in [-0.05, 0) is 5.53 Å². The van der Waals surface area contributed by atoms with Crippen molar-refractivity contribution in [2.75, 3.05) is 20.2 Å². The van der Waals surface area contributed by atoms with Crippen LogP contribution >= 0.6 is 6.72 Å². The zero-order valence-corrected chi connectivity index (χ0v) is 20.5. The molecule has 0 aromatic heterocycles. The Kier molecular flexibility index (Phi) is 11.6. The summed E-state index contributed by atoms with van der Waals surface area (Å²) >= 11 is 5.78. The van der Waals surface area contributed by atoms with Crippen molar-refractivity contribution >= 4 is 61.3 Å². The zero-order chi connectivity index (χ0) is 21.2. The second-order valence-electron chi connectivity index (χ2n) is 5.86. The van der Waals surface area contributed by atoms with Gasteiger partial charge in [0.2, 0.25) is 0 Å². The van der Waals surface area contributed by atoms with Crippen LogP contribution in [-0.4, -0.2) is 85.1 Å². The van der Waals surface area contributed by atoms with E-state index in [9.17, 15) is 19.3 Å². The molecule has 0 radical (unpaired) electrons. The number of hydrogen-bond donors (Lipinski definition) is 1. The molecule has 1 aliphatic rings. The fraction of sp³-hybridized carbons (Fsp3) is 0.786. The first-order valence-corrected chi connectivity index (χ1v) is 13.5. The number of Topliss-reactive ketones (excluding diaryl/α,β-unsaturated/α-hetero) is 1. The molecule has 1 fully saturated rings. The number of rotatable bonds is 12. The fourth-order valence-electron chi connectivity index (χ4n) is 2.46. The Bertz CT molecular complexity index is 676. The molecule has 158 valence electrons. The van der Waals surface area contributed by atoms with Gasteiger partial charge in [0.25, 0.3) is 0 Å². The molecular formula is C14H23N4O7PPoS. The van der Waals surface area contributed by atoms with Crippen LogP contribution in [0.25, 0.3) is 10.4 Å². The van der Waals surface area contributed by atoms with Gasteiger partial charge in [0.15, 0.2) is 0 Å². The van der Waals surface area contributed by atoms with E-state index in [0.29, 0.717) is 10.5 Å². The Morgan fingerprint density at radius 1 is 1.39 bits per heavy atom. The molecule has 1 aliphatic heterocycles. The molecule has 1 heterocycles. The second kappa shape index (κ2) is 12.8. The van der Waals surface area contributed by atoms with Gasteiger partial charge in [-0.1, -0.05) is 5.11 Å². The van der Waals surface area contributed by atoms with Crippen molar-refractivity contribution in [2.45, 2.75) is 48.5 Å². The maximum atomic E-state index is 12.5. The van der Waals surface area contributed by atoms with E-state index in [1.807, 2.05) is 0 Å². The van der Waals surface area contributed by atoms with Crippen LogP contribution in [0.4, 0.5) is 0 Å². The summed E-state index contributed by atoms with van der Waals surface area (Å²) in [5.74, 6) is -0.833. The molecule has 0 aromatic rings. The Balaban J connectivity index is 2.71. The van der Waals surface area contributed by atoms with Crippen LogP contribution in [0.15, 0.2) is 5.11 Å². The first kappa shape index (κ1) is 25.4. The quantitative estimate of drug-likeness (QED) is 0.0840. The topological polar surface area (TPSA) is 151 Å². The molecule has 0 aliphatic carbocycles. The third-order valence-corrected chi connectivity index (χ3v) is 6.86. The minimum Gasteiger partial charge on any atom is -0.0940 e. The number of carbonyl (C=O) groups excluding carboxylic acids is 3. The van der Waals surface area contributed by atoms with E-state index < -0.39 is 25.0 Å². The maximum absolute atomic E-state index is 12.5. The molecule has 0 saturated carbocycles. The third-order valence-electron chi connectivity index (χ3n) is 3.81.